The number of halogens is 1. The van der Waals surface area contributed by atoms with Crippen LogP contribution in [0.1, 0.15) is 25.8 Å². The molecule has 6 nitrogen and oxygen atoms in total. The first-order chi connectivity index (χ1) is 12.5. The zero-order valence-electron chi connectivity index (χ0n) is 14.7. The maximum absolute atomic E-state index is 15.3. The minimum Gasteiger partial charge on any atom is -0.421 e. The van der Waals surface area contributed by atoms with Crippen molar-refractivity contribution in [2.24, 2.45) is 5.92 Å². The fraction of sp³-hybridized carbons (Fsp3) is 0.263. The minimum absolute atomic E-state index is 0.0999. The average molecular weight is 353 g/mol. The first-order valence-corrected chi connectivity index (χ1v) is 8.38. The molecule has 2 N–H and O–H groups in total. The Morgan fingerprint density at radius 3 is 2.42 bits per heavy atom. The highest BCUT2D eigenvalue weighted by Gasteiger charge is 2.18. The van der Waals surface area contributed by atoms with Gasteiger partial charge in [0.05, 0.1) is 0 Å². The van der Waals surface area contributed by atoms with Gasteiger partial charge in [0.2, 0.25) is 5.95 Å². The molecule has 0 unspecified atom stereocenters. The van der Waals surface area contributed by atoms with Gasteiger partial charge in [0.15, 0.2) is 11.6 Å². The van der Waals surface area contributed by atoms with E-state index in [1.165, 1.54) is 12.4 Å². The van der Waals surface area contributed by atoms with Gasteiger partial charge in [0.1, 0.15) is 0 Å². The van der Waals surface area contributed by atoms with E-state index in [2.05, 4.69) is 33.8 Å². The Bertz CT molecular complexity index is 869. The van der Waals surface area contributed by atoms with Crippen LogP contribution in [0, 0.1) is 11.7 Å². The van der Waals surface area contributed by atoms with E-state index in [1.54, 1.807) is 24.5 Å². The summed E-state index contributed by atoms with van der Waals surface area (Å²) in [4.78, 5) is 15.9. The second-order valence-corrected chi connectivity index (χ2v) is 6.31. The molecule has 0 radical (unpaired) electrons. The number of hydrogen-bond donors (Lipinski definition) is 1. The van der Waals surface area contributed by atoms with Gasteiger partial charge in [-0.25, -0.2) is 24.3 Å². The third-order valence-electron chi connectivity index (χ3n) is 3.89. The third kappa shape index (κ3) is 4.11. The first kappa shape index (κ1) is 17.7. The van der Waals surface area contributed by atoms with Gasteiger partial charge in [0, 0.05) is 35.9 Å². The van der Waals surface area contributed by atoms with Gasteiger partial charge in [-0.3, -0.25) is 0 Å². The number of benzene rings is 1. The van der Waals surface area contributed by atoms with Crippen LogP contribution in [-0.4, -0.2) is 19.9 Å². The molecule has 26 heavy (non-hydrogen) atoms. The summed E-state index contributed by atoms with van der Waals surface area (Å²) in [6.07, 6.45) is 7.66. The zero-order valence-corrected chi connectivity index (χ0v) is 14.7. The molecule has 134 valence electrons. The molecule has 2 aromatic heterocycles. The number of nitrogen functional groups attached to an aromatic ring is 1. The number of aromatic nitrogens is 4. The van der Waals surface area contributed by atoms with Gasteiger partial charge in [0.25, 0.3) is 0 Å². The average Bonchev–Trinajstić information content (AvgIpc) is 2.64. The Labute approximate surface area is 151 Å². The molecule has 0 bridgehead atoms. The number of rotatable bonds is 6. The van der Waals surface area contributed by atoms with Crippen LogP contribution in [0.3, 0.4) is 0 Å². The second kappa shape index (κ2) is 7.86. The van der Waals surface area contributed by atoms with Crippen LogP contribution in [0.2, 0.25) is 0 Å². The lowest BCUT2D eigenvalue weighted by molar-refractivity contribution is 0.404. The van der Waals surface area contributed by atoms with Crippen molar-refractivity contribution in [2.75, 3.05) is 5.73 Å². The fourth-order valence-corrected chi connectivity index (χ4v) is 2.48. The molecule has 0 aliphatic rings. The highest BCUT2D eigenvalue weighted by Crippen LogP contribution is 2.35. The summed E-state index contributed by atoms with van der Waals surface area (Å²) in [5.74, 6) is 0.263. The second-order valence-electron chi connectivity index (χ2n) is 6.31. The van der Waals surface area contributed by atoms with Crippen LogP contribution >= 0.6 is 0 Å². The molecule has 0 amide bonds. The molecule has 3 aromatic rings. The van der Waals surface area contributed by atoms with Gasteiger partial charge in [-0.2, -0.15) is 0 Å². The smallest absolute Gasteiger partial charge is 0.321 e. The van der Waals surface area contributed by atoms with Gasteiger partial charge in [-0.05, 0) is 30.4 Å². The Balaban J connectivity index is 2.03. The SMILES string of the molecule is CC(C)CCc1ccc(-c2cnc(N)nc2)c(F)c1Oc1ncccn1. The molecule has 0 spiro atoms. The van der Waals surface area contributed by atoms with Gasteiger partial charge in [-0.1, -0.05) is 26.0 Å². The number of ether oxygens (including phenoxy) is 1. The van der Waals surface area contributed by atoms with Crippen LogP contribution in [0.15, 0.2) is 43.0 Å². The molecule has 0 aliphatic carbocycles. The van der Waals surface area contributed by atoms with Crippen molar-refractivity contribution in [3.8, 4) is 22.9 Å². The number of hydrogen-bond acceptors (Lipinski definition) is 6. The predicted molar refractivity (Wildman–Crippen MR) is 97.1 cm³/mol. The van der Waals surface area contributed by atoms with Crippen LogP contribution in [-0.2, 0) is 6.42 Å². The van der Waals surface area contributed by atoms with E-state index >= 15 is 4.39 Å². The van der Waals surface area contributed by atoms with E-state index in [0.717, 1.165) is 12.0 Å². The van der Waals surface area contributed by atoms with Crippen molar-refractivity contribution < 1.29 is 9.13 Å². The minimum atomic E-state index is -0.493. The molecular formula is C19H20FN5O. The number of aryl methyl sites for hydroxylation is 1. The molecule has 1 aromatic carbocycles. The number of nitrogens with zero attached hydrogens (tertiary/aromatic N) is 4. The summed E-state index contributed by atoms with van der Waals surface area (Å²) in [6.45, 7) is 4.24. The Hall–Kier alpha value is -3.09. The molecule has 0 aliphatic heterocycles. The Morgan fingerprint density at radius 1 is 1.08 bits per heavy atom. The van der Waals surface area contributed by atoms with E-state index in [0.29, 0.717) is 23.5 Å². The van der Waals surface area contributed by atoms with E-state index < -0.39 is 5.82 Å². The van der Waals surface area contributed by atoms with Crippen molar-refractivity contribution in [3.05, 3.63) is 54.4 Å². The Kier molecular flexibility index (Phi) is 5.36. The van der Waals surface area contributed by atoms with Crippen molar-refractivity contribution in [1.82, 2.24) is 19.9 Å². The first-order valence-electron chi connectivity index (χ1n) is 8.38. The third-order valence-corrected chi connectivity index (χ3v) is 3.89. The van der Waals surface area contributed by atoms with Crippen LogP contribution < -0.4 is 10.5 Å². The summed E-state index contributed by atoms with van der Waals surface area (Å²) < 4.78 is 21.0. The zero-order chi connectivity index (χ0) is 18.5. The maximum Gasteiger partial charge on any atom is 0.321 e. The predicted octanol–water partition coefficient (Wildman–Crippen LogP) is 4.04. The number of anilines is 1. The van der Waals surface area contributed by atoms with Crippen molar-refractivity contribution >= 4 is 5.95 Å². The summed E-state index contributed by atoms with van der Waals surface area (Å²) in [5, 5.41) is 0. The largest absolute Gasteiger partial charge is 0.421 e. The summed E-state index contributed by atoms with van der Waals surface area (Å²) in [7, 11) is 0. The van der Waals surface area contributed by atoms with Gasteiger partial charge in [-0.15, -0.1) is 0 Å². The van der Waals surface area contributed by atoms with E-state index in [1.807, 2.05) is 6.07 Å². The molecule has 0 saturated heterocycles. The standard InChI is InChI=1S/C19H20FN5O/c1-12(2)4-5-13-6-7-15(14-10-24-18(21)25-11-14)16(20)17(13)26-19-22-8-3-9-23-19/h3,6-12H,4-5H2,1-2H3,(H2,21,24,25). The van der Waals surface area contributed by atoms with E-state index in [9.17, 15) is 0 Å². The molecule has 2 heterocycles. The fourth-order valence-electron chi connectivity index (χ4n) is 2.48. The highest BCUT2D eigenvalue weighted by atomic mass is 19.1. The van der Waals surface area contributed by atoms with Crippen LogP contribution in [0.25, 0.3) is 11.1 Å². The van der Waals surface area contributed by atoms with Crippen LogP contribution in [0.5, 0.6) is 11.8 Å². The monoisotopic (exact) mass is 353 g/mol. The molecular weight excluding hydrogens is 333 g/mol. The quantitative estimate of drug-likeness (QED) is 0.720. The lowest BCUT2D eigenvalue weighted by atomic mass is 9.98. The van der Waals surface area contributed by atoms with Crippen molar-refractivity contribution in [3.63, 3.8) is 0 Å². The summed E-state index contributed by atoms with van der Waals surface area (Å²) >= 11 is 0. The molecule has 0 fully saturated rings. The van der Waals surface area contributed by atoms with Gasteiger partial charge < -0.3 is 10.5 Å². The lowest BCUT2D eigenvalue weighted by Crippen LogP contribution is -2.02. The Morgan fingerprint density at radius 2 is 1.77 bits per heavy atom. The normalized spacial score (nSPS) is 10.9. The van der Waals surface area contributed by atoms with Crippen molar-refractivity contribution in [2.45, 2.75) is 26.7 Å². The molecule has 0 saturated carbocycles. The summed E-state index contributed by atoms with van der Waals surface area (Å²) in [6, 6.07) is 5.34. The number of nitrogens with two attached hydrogens (primary N) is 1. The summed E-state index contributed by atoms with van der Waals surface area (Å²) in [5.41, 5.74) is 7.13. The molecule has 3 rings (SSSR count). The van der Waals surface area contributed by atoms with Crippen molar-refractivity contribution in [1.29, 1.82) is 0 Å². The van der Waals surface area contributed by atoms with Crippen LogP contribution in [0.4, 0.5) is 10.3 Å². The molecule has 0 atom stereocenters. The van der Waals surface area contributed by atoms with Gasteiger partial charge >= 0.3 is 6.01 Å². The lowest BCUT2D eigenvalue weighted by Gasteiger charge is -2.14. The van der Waals surface area contributed by atoms with E-state index in [4.69, 9.17) is 10.5 Å². The maximum atomic E-state index is 15.3. The topological polar surface area (TPSA) is 86.8 Å². The highest BCUT2D eigenvalue weighted by molar-refractivity contribution is 5.66. The molecule has 7 heteroatoms. The van der Waals surface area contributed by atoms with E-state index in [-0.39, 0.29) is 17.7 Å².